The van der Waals surface area contributed by atoms with Crippen LogP contribution in [0.2, 0.25) is 0 Å². The summed E-state index contributed by atoms with van der Waals surface area (Å²) in [5, 5.41) is 2.71. The predicted octanol–water partition coefficient (Wildman–Crippen LogP) is 1.70. The van der Waals surface area contributed by atoms with Crippen LogP contribution in [0.4, 0.5) is 0 Å². The second-order valence-corrected chi connectivity index (χ2v) is 13.6. The fourth-order valence-corrected chi connectivity index (χ4v) is 6.76. The molecule has 284 valence electrons. The molecule has 0 spiro atoms. The number of amides is 5. The van der Waals surface area contributed by atoms with E-state index in [4.69, 9.17) is 9.47 Å². The standard InChI is InChI=1S/C36H61N5O9/c1-11-25(4)34(28(49-9)21-31(46)41-19-12-15-27(41)35(50-10)26(5)23-43)40(8)32(47)22-37-36(48)33(24(2)3)39(7)30(45)16-13-18-38(6)29(44)17-14-20-42/h14,17,20,23-28,33-35H,11-13,15-16,18-19,21-22H2,1-10H3,(H,37,48)/b17-14-. The zero-order valence-electron chi connectivity index (χ0n) is 31.8. The molecular weight excluding hydrogens is 646 g/mol. The molecule has 7 unspecified atom stereocenters. The van der Waals surface area contributed by atoms with Gasteiger partial charge in [-0.2, -0.15) is 0 Å². The second kappa shape index (κ2) is 22.2. The molecular formula is C36H61N5O9. The first-order valence-electron chi connectivity index (χ1n) is 17.6. The summed E-state index contributed by atoms with van der Waals surface area (Å²) < 4.78 is 11.5. The van der Waals surface area contributed by atoms with Crippen molar-refractivity contribution in [2.24, 2.45) is 17.8 Å². The number of likely N-dealkylation sites (N-methyl/N-ethyl adjacent to an activating group) is 3. The van der Waals surface area contributed by atoms with E-state index in [0.717, 1.165) is 31.3 Å². The van der Waals surface area contributed by atoms with Crippen molar-refractivity contribution in [3.8, 4) is 0 Å². The number of allylic oxidation sites excluding steroid dienone is 1. The van der Waals surface area contributed by atoms with E-state index in [1.807, 2.05) is 27.7 Å². The van der Waals surface area contributed by atoms with Gasteiger partial charge >= 0.3 is 0 Å². The van der Waals surface area contributed by atoms with Crippen LogP contribution in [-0.4, -0.2) is 147 Å². The summed E-state index contributed by atoms with van der Waals surface area (Å²) in [4.78, 5) is 93.6. The number of carbonyl (C=O) groups is 7. The zero-order chi connectivity index (χ0) is 38.1. The molecule has 0 aromatic carbocycles. The summed E-state index contributed by atoms with van der Waals surface area (Å²) in [7, 11) is 7.81. The first kappa shape index (κ1) is 44.4. The first-order valence-corrected chi connectivity index (χ1v) is 17.6. The number of hydrogen-bond acceptors (Lipinski definition) is 9. The number of rotatable bonds is 22. The average Bonchev–Trinajstić information content (AvgIpc) is 3.58. The lowest BCUT2D eigenvalue weighted by molar-refractivity contribution is -0.145. The molecule has 5 amide bonds. The summed E-state index contributed by atoms with van der Waals surface area (Å²) in [5.74, 6) is -2.30. The summed E-state index contributed by atoms with van der Waals surface area (Å²) in [6.45, 7) is 9.91. The molecule has 1 fully saturated rings. The maximum absolute atomic E-state index is 13.7. The third-order valence-electron chi connectivity index (χ3n) is 9.83. The Balaban J connectivity index is 2.96. The Morgan fingerprint density at radius 2 is 1.62 bits per heavy atom. The van der Waals surface area contributed by atoms with Crippen LogP contribution in [0.5, 0.6) is 0 Å². The van der Waals surface area contributed by atoms with Gasteiger partial charge in [0, 0.05) is 66.9 Å². The van der Waals surface area contributed by atoms with E-state index >= 15 is 0 Å². The Morgan fingerprint density at radius 1 is 0.960 bits per heavy atom. The van der Waals surface area contributed by atoms with E-state index in [-0.39, 0.29) is 73.4 Å². The summed E-state index contributed by atoms with van der Waals surface area (Å²) in [6, 6.07) is -1.55. The molecule has 14 nitrogen and oxygen atoms in total. The van der Waals surface area contributed by atoms with Crippen molar-refractivity contribution in [2.45, 2.75) is 103 Å². The van der Waals surface area contributed by atoms with Crippen LogP contribution in [0.3, 0.4) is 0 Å². The zero-order valence-corrected chi connectivity index (χ0v) is 31.8. The molecule has 0 aliphatic carbocycles. The predicted molar refractivity (Wildman–Crippen MR) is 189 cm³/mol. The monoisotopic (exact) mass is 707 g/mol. The van der Waals surface area contributed by atoms with Crippen LogP contribution in [0.1, 0.15) is 73.1 Å². The van der Waals surface area contributed by atoms with E-state index in [1.54, 1.807) is 40.1 Å². The summed E-state index contributed by atoms with van der Waals surface area (Å²) >= 11 is 0. The molecule has 1 aliphatic heterocycles. The van der Waals surface area contributed by atoms with Crippen molar-refractivity contribution >= 4 is 42.1 Å². The number of likely N-dealkylation sites (tertiary alicyclic amines) is 1. The lowest BCUT2D eigenvalue weighted by Gasteiger charge is -2.39. The van der Waals surface area contributed by atoms with Gasteiger partial charge in [0.2, 0.25) is 29.5 Å². The SMILES string of the molecule is CCC(C)C(C(CC(=O)N1CCCC1C(OC)C(C)C=O)OC)N(C)C(=O)CNC(=O)C(C(C)C)N(C)C(=O)CCCN(C)C(=O)/C=C\C=O. The van der Waals surface area contributed by atoms with Crippen molar-refractivity contribution in [2.75, 3.05) is 55.0 Å². The molecule has 0 aromatic rings. The van der Waals surface area contributed by atoms with E-state index < -0.39 is 30.2 Å². The minimum absolute atomic E-state index is 0.0274. The van der Waals surface area contributed by atoms with Gasteiger partial charge in [-0.3, -0.25) is 28.8 Å². The van der Waals surface area contributed by atoms with Crippen molar-refractivity contribution in [3.63, 3.8) is 0 Å². The fraction of sp³-hybridized carbons (Fsp3) is 0.750. The summed E-state index contributed by atoms with van der Waals surface area (Å²) in [5.41, 5.74) is 0. The summed E-state index contributed by atoms with van der Waals surface area (Å²) in [6.07, 6.45) is 5.28. The molecule has 7 atom stereocenters. The van der Waals surface area contributed by atoms with E-state index in [1.165, 1.54) is 21.8 Å². The number of methoxy groups -OCH3 is 2. The van der Waals surface area contributed by atoms with Crippen molar-refractivity contribution < 1.29 is 43.0 Å². The third kappa shape index (κ3) is 12.6. The highest BCUT2D eigenvalue weighted by atomic mass is 16.5. The Kier molecular flexibility index (Phi) is 19.7. The Labute approximate surface area is 298 Å². The number of carbonyl (C=O) groups excluding carboxylic acids is 7. The quantitative estimate of drug-likeness (QED) is 0.130. The van der Waals surface area contributed by atoms with Crippen LogP contribution in [0, 0.1) is 17.8 Å². The lowest BCUT2D eigenvalue weighted by atomic mass is 9.90. The van der Waals surface area contributed by atoms with Gasteiger partial charge in [-0.1, -0.05) is 41.0 Å². The third-order valence-corrected chi connectivity index (χ3v) is 9.83. The van der Waals surface area contributed by atoms with Gasteiger partial charge in [-0.25, -0.2) is 0 Å². The first-order chi connectivity index (χ1) is 23.6. The number of nitrogens with one attached hydrogen (secondary N) is 1. The van der Waals surface area contributed by atoms with Crippen LogP contribution >= 0.6 is 0 Å². The molecule has 0 bridgehead atoms. The Morgan fingerprint density at radius 3 is 2.16 bits per heavy atom. The molecule has 0 saturated carbocycles. The fourth-order valence-electron chi connectivity index (χ4n) is 6.76. The molecule has 1 saturated heterocycles. The van der Waals surface area contributed by atoms with Crippen LogP contribution in [-0.2, 0) is 43.0 Å². The molecule has 1 rings (SSSR count). The van der Waals surface area contributed by atoms with Crippen molar-refractivity contribution in [3.05, 3.63) is 12.2 Å². The molecule has 1 heterocycles. The normalized spacial score (nSPS) is 18.1. The number of ether oxygens (including phenoxy) is 2. The Bertz CT molecular complexity index is 1180. The number of aldehydes is 2. The highest BCUT2D eigenvalue weighted by molar-refractivity contribution is 5.91. The van der Waals surface area contributed by atoms with Gasteiger partial charge in [-0.05, 0) is 37.2 Å². The van der Waals surface area contributed by atoms with Crippen LogP contribution in [0.25, 0.3) is 0 Å². The molecule has 14 heteroatoms. The highest BCUT2D eigenvalue weighted by Gasteiger charge is 2.40. The Hall–Kier alpha value is -3.65. The lowest BCUT2D eigenvalue weighted by Crippen LogP contribution is -2.55. The smallest absolute Gasteiger partial charge is 0.246 e. The van der Waals surface area contributed by atoms with Gasteiger partial charge in [-0.15, -0.1) is 0 Å². The molecule has 50 heavy (non-hydrogen) atoms. The van der Waals surface area contributed by atoms with Crippen LogP contribution < -0.4 is 5.32 Å². The van der Waals surface area contributed by atoms with E-state index in [0.29, 0.717) is 25.7 Å². The van der Waals surface area contributed by atoms with Crippen LogP contribution in [0.15, 0.2) is 12.2 Å². The molecule has 1 aliphatic rings. The maximum Gasteiger partial charge on any atom is 0.246 e. The second-order valence-electron chi connectivity index (χ2n) is 13.6. The van der Waals surface area contributed by atoms with Gasteiger partial charge < -0.3 is 39.2 Å². The largest absolute Gasteiger partial charge is 0.379 e. The van der Waals surface area contributed by atoms with Gasteiger partial charge in [0.25, 0.3) is 0 Å². The van der Waals surface area contributed by atoms with Gasteiger partial charge in [0.05, 0.1) is 37.3 Å². The minimum atomic E-state index is -0.837. The molecule has 0 radical (unpaired) electrons. The van der Waals surface area contributed by atoms with E-state index in [2.05, 4.69) is 5.32 Å². The van der Waals surface area contributed by atoms with Crippen molar-refractivity contribution in [1.82, 2.24) is 24.9 Å². The maximum atomic E-state index is 13.7. The van der Waals surface area contributed by atoms with Gasteiger partial charge in [0.1, 0.15) is 18.6 Å². The molecule has 1 N–H and O–H groups in total. The van der Waals surface area contributed by atoms with E-state index in [9.17, 15) is 33.6 Å². The highest BCUT2D eigenvalue weighted by Crippen LogP contribution is 2.28. The average molecular weight is 708 g/mol. The number of hydrogen-bond donors (Lipinski definition) is 1. The topological polar surface area (TPSA) is 163 Å². The van der Waals surface area contributed by atoms with Crippen molar-refractivity contribution in [1.29, 1.82) is 0 Å². The minimum Gasteiger partial charge on any atom is -0.379 e. The molecule has 0 aromatic heterocycles. The van der Waals surface area contributed by atoms with Gasteiger partial charge in [0.15, 0.2) is 0 Å². The number of nitrogens with zero attached hydrogens (tertiary/aromatic N) is 4.